The number of aliphatic hydroxyl groups excluding tert-OH is 1. The van der Waals surface area contributed by atoms with Crippen LogP contribution in [-0.2, 0) is 16.7 Å². The Labute approximate surface area is 263 Å². The number of ether oxygens (including phenoxy) is 5. The van der Waals surface area contributed by atoms with Crippen molar-refractivity contribution in [1.29, 1.82) is 0 Å². The van der Waals surface area contributed by atoms with Crippen LogP contribution in [0.3, 0.4) is 0 Å². The normalized spacial score (nSPS) is 12.8. The quantitative estimate of drug-likeness (QED) is 0.189. The molecule has 1 aliphatic heterocycles. The van der Waals surface area contributed by atoms with Gasteiger partial charge in [0.15, 0.2) is 23.0 Å². The molecule has 4 aromatic rings. The van der Waals surface area contributed by atoms with Gasteiger partial charge in [-0.05, 0) is 59.5 Å². The monoisotopic (exact) mass is 633 g/mol. The molecule has 1 atom stereocenters. The van der Waals surface area contributed by atoms with E-state index in [4.69, 9.17) is 23.7 Å². The lowest BCUT2D eigenvalue weighted by Gasteiger charge is -2.30. The summed E-state index contributed by atoms with van der Waals surface area (Å²) < 4.78 is 55.1. The van der Waals surface area contributed by atoms with Crippen LogP contribution in [0, 0.1) is 0 Å². The van der Waals surface area contributed by atoms with E-state index in [0.717, 1.165) is 9.87 Å². The number of carbonyl (C=O) groups is 1. The van der Waals surface area contributed by atoms with E-state index in [9.17, 15) is 18.7 Å². The second-order valence-corrected chi connectivity index (χ2v) is 11.8. The summed E-state index contributed by atoms with van der Waals surface area (Å²) in [6.45, 7) is 5.75. The van der Waals surface area contributed by atoms with E-state index in [0.29, 0.717) is 34.4 Å². The second-order valence-electron chi connectivity index (χ2n) is 11.0. The van der Waals surface area contributed by atoms with Crippen molar-refractivity contribution in [2.45, 2.75) is 26.2 Å². The average molecular weight is 634 g/mol. The van der Waals surface area contributed by atoms with Gasteiger partial charge in [-0.1, -0.05) is 39.0 Å². The van der Waals surface area contributed by atoms with Crippen molar-refractivity contribution in [1.82, 2.24) is 0 Å². The number of methoxy groups -OCH3 is 1. The Morgan fingerprint density at radius 3 is 2.42 bits per heavy atom. The van der Waals surface area contributed by atoms with Crippen molar-refractivity contribution in [3.8, 4) is 34.5 Å². The minimum Gasteiger partial charge on any atom is -0.755 e. The Bertz CT molecular complexity index is 1700. The molecule has 236 valence electrons. The molecule has 4 aromatic carbocycles. The van der Waals surface area contributed by atoms with E-state index < -0.39 is 17.2 Å². The Kier molecular flexibility index (Phi) is 9.47. The fourth-order valence-electron chi connectivity index (χ4n) is 4.60. The number of carbonyl (C=O) groups excluding carboxylic acids is 1. The number of nitrogens with zero attached hydrogens (tertiary/aromatic N) is 1. The van der Waals surface area contributed by atoms with Gasteiger partial charge in [-0.3, -0.25) is 13.3 Å². The number of hydrogen-bond acceptors (Lipinski definition) is 9. The molecule has 45 heavy (non-hydrogen) atoms. The maximum atomic E-state index is 13.6. The Hall–Kier alpha value is -4.78. The summed E-state index contributed by atoms with van der Waals surface area (Å²) in [5.74, 6) is 1.34. The van der Waals surface area contributed by atoms with Crippen LogP contribution in [0.2, 0.25) is 0 Å². The van der Waals surface area contributed by atoms with Gasteiger partial charge in [-0.2, -0.15) is 0 Å². The Balaban J connectivity index is 1.64. The van der Waals surface area contributed by atoms with Crippen molar-refractivity contribution in [3.05, 3.63) is 90.0 Å². The first-order valence-electron chi connectivity index (χ1n) is 14.0. The number of rotatable bonds is 11. The highest BCUT2D eigenvalue weighted by molar-refractivity contribution is 7.81. The fraction of sp³-hybridized carbons (Fsp3) is 0.242. The molecule has 2 N–H and O–H groups in total. The van der Waals surface area contributed by atoms with E-state index in [1.807, 2.05) is 12.1 Å². The van der Waals surface area contributed by atoms with Crippen LogP contribution in [-0.4, -0.2) is 46.9 Å². The highest BCUT2D eigenvalue weighted by Gasteiger charge is 2.26. The molecule has 5 rings (SSSR count). The molecule has 0 radical (unpaired) electrons. The largest absolute Gasteiger partial charge is 0.755 e. The van der Waals surface area contributed by atoms with E-state index >= 15 is 0 Å². The van der Waals surface area contributed by atoms with Crippen molar-refractivity contribution in [2.24, 2.45) is 0 Å². The second kappa shape index (κ2) is 13.5. The lowest BCUT2D eigenvalue weighted by Crippen LogP contribution is -2.22. The van der Waals surface area contributed by atoms with E-state index in [1.54, 1.807) is 54.6 Å². The van der Waals surface area contributed by atoms with Crippen LogP contribution in [0.4, 0.5) is 17.1 Å². The first-order valence-corrected chi connectivity index (χ1v) is 15.0. The van der Waals surface area contributed by atoms with Crippen LogP contribution in [0.15, 0.2) is 78.9 Å². The molecule has 0 aliphatic carbocycles. The summed E-state index contributed by atoms with van der Waals surface area (Å²) in [4.78, 5) is 13.6. The minimum absolute atomic E-state index is 0.000399. The maximum Gasteiger partial charge on any atom is 0.255 e. The van der Waals surface area contributed by atoms with E-state index in [1.165, 1.54) is 19.2 Å². The molecule has 0 saturated carbocycles. The molecule has 1 amide bonds. The molecule has 0 spiro atoms. The molecule has 0 fully saturated rings. The summed E-state index contributed by atoms with van der Waals surface area (Å²) in [5, 5.41) is 12.4. The first kappa shape index (κ1) is 31.6. The van der Waals surface area contributed by atoms with Crippen molar-refractivity contribution in [2.75, 3.05) is 36.7 Å². The molecule has 0 aromatic heterocycles. The SMILES string of the molecule is COc1cccc(Oc2c(OCCO)cc(C(=O)Nc3ccc4c(c3)OCO4)cc2N(c2ccc(C(C)(C)C)cc2)S(=O)[O-])c1. The minimum atomic E-state index is -2.87. The topological polar surface area (TPSA) is 139 Å². The van der Waals surface area contributed by atoms with Gasteiger partial charge in [-0.15, -0.1) is 0 Å². The van der Waals surface area contributed by atoms with Crippen LogP contribution < -0.4 is 33.3 Å². The number of amides is 1. The maximum absolute atomic E-state index is 13.6. The molecular weight excluding hydrogens is 600 g/mol. The molecular formula is C33H33N2O9S-. The van der Waals surface area contributed by atoms with Gasteiger partial charge in [0.1, 0.15) is 23.8 Å². The van der Waals surface area contributed by atoms with Crippen LogP contribution in [0.25, 0.3) is 0 Å². The highest BCUT2D eigenvalue weighted by Crippen LogP contribution is 2.46. The van der Waals surface area contributed by atoms with Gasteiger partial charge in [0, 0.05) is 23.4 Å². The van der Waals surface area contributed by atoms with Crippen molar-refractivity contribution in [3.63, 3.8) is 0 Å². The predicted molar refractivity (Wildman–Crippen MR) is 169 cm³/mol. The fourth-order valence-corrected chi connectivity index (χ4v) is 5.19. The van der Waals surface area contributed by atoms with Crippen LogP contribution in [0.5, 0.6) is 34.5 Å². The van der Waals surface area contributed by atoms with E-state index in [-0.39, 0.29) is 48.2 Å². The number of aliphatic hydroxyl groups is 1. The number of fused-ring (bicyclic) bond motifs is 1. The van der Waals surface area contributed by atoms with Crippen LogP contribution in [0.1, 0.15) is 36.7 Å². The number of anilines is 3. The molecule has 12 heteroatoms. The average Bonchev–Trinajstić information content (AvgIpc) is 3.49. The van der Waals surface area contributed by atoms with E-state index in [2.05, 4.69) is 26.1 Å². The zero-order valence-corrected chi connectivity index (χ0v) is 26.0. The summed E-state index contributed by atoms with van der Waals surface area (Å²) >= 11 is -2.87. The van der Waals surface area contributed by atoms with Gasteiger partial charge in [0.05, 0.1) is 30.7 Å². The van der Waals surface area contributed by atoms with Gasteiger partial charge in [0.2, 0.25) is 6.79 Å². The third kappa shape index (κ3) is 7.31. The number of nitrogens with one attached hydrogen (secondary N) is 1. The summed E-state index contributed by atoms with van der Waals surface area (Å²) in [5.41, 5.74) is 1.63. The van der Waals surface area contributed by atoms with Gasteiger partial charge in [-0.25, -0.2) is 0 Å². The molecule has 1 unspecified atom stereocenters. The zero-order valence-electron chi connectivity index (χ0n) is 25.2. The number of benzene rings is 4. The number of hydrogen-bond donors (Lipinski definition) is 2. The highest BCUT2D eigenvalue weighted by atomic mass is 32.2. The molecule has 0 saturated heterocycles. The van der Waals surface area contributed by atoms with Gasteiger partial charge >= 0.3 is 0 Å². The zero-order chi connectivity index (χ0) is 32.1. The van der Waals surface area contributed by atoms with Crippen molar-refractivity contribution < 1.29 is 42.3 Å². The Morgan fingerprint density at radius 1 is 1.00 bits per heavy atom. The lowest BCUT2D eigenvalue weighted by atomic mass is 9.87. The lowest BCUT2D eigenvalue weighted by molar-refractivity contribution is 0.102. The van der Waals surface area contributed by atoms with Crippen molar-refractivity contribution >= 4 is 34.2 Å². The van der Waals surface area contributed by atoms with Crippen LogP contribution >= 0.6 is 0 Å². The Morgan fingerprint density at radius 2 is 1.73 bits per heavy atom. The third-order valence-corrected chi connectivity index (χ3v) is 7.58. The summed E-state index contributed by atoms with van der Waals surface area (Å²) in [6, 6.07) is 21.6. The third-order valence-electron chi connectivity index (χ3n) is 6.87. The van der Waals surface area contributed by atoms with Gasteiger partial charge < -0.3 is 38.7 Å². The summed E-state index contributed by atoms with van der Waals surface area (Å²) in [6.07, 6.45) is 0. The molecule has 1 heterocycles. The predicted octanol–water partition coefficient (Wildman–Crippen LogP) is 6.07. The molecule has 1 aliphatic rings. The standard InChI is InChI=1S/C33H34N2O9S/c1-33(2,3)22-8-11-24(12-9-22)35(45(38)39)27-16-21(32(37)34-23-10-13-28-29(18-23)43-20-42-28)17-30(41-15-14-36)31(27)44-26-7-5-6-25(19-26)40-4/h5-13,16-19,36H,14-15,20H2,1-4H3,(H,34,37)(H,38,39)/p-1. The molecule has 0 bridgehead atoms. The molecule has 11 nitrogen and oxygen atoms in total. The smallest absolute Gasteiger partial charge is 0.255 e. The summed E-state index contributed by atoms with van der Waals surface area (Å²) in [7, 11) is 1.51. The first-order chi connectivity index (χ1) is 21.6. The van der Waals surface area contributed by atoms with Gasteiger partial charge in [0.25, 0.3) is 5.91 Å².